The van der Waals surface area contributed by atoms with E-state index in [0.717, 1.165) is 25.2 Å². The molecular weight excluding hydrogens is 358 g/mol. The van der Waals surface area contributed by atoms with Crippen LogP contribution in [-0.2, 0) is 14.3 Å². The second-order valence-electron chi connectivity index (χ2n) is 6.72. The van der Waals surface area contributed by atoms with Crippen molar-refractivity contribution in [2.75, 3.05) is 70.9 Å². The van der Waals surface area contributed by atoms with Gasteiger partial charge in [-0.2, -0.15) is 0 Å². The van der Waals surface area contributed by atoms with Gasteiger partial charge in [-0.3, -0.25) is 19.4 Å². The molecule has 2 amide bonds. The summed E-state index contributed by atoms with van der Waals surface area (Å²) in [7, 11) is 0. The molecule has 2 aliphatic rings. The molecule has 9 heteroatoms. The molecule has 2 heterocycles. The minimum atomic E-state index is -1.000. The van der Waals surface area contributed by atoms with Gasteiger partial charge in [0, 0.05) is 51.0 Å². The molecule has 0 saturated carbocycles. The number of piperazine rings is 1. The van der Waals surface area contributed by atoms with E-state index in [1.165, 1.54) is 6.07 Å². The Hall–Kier alpha value is -2.10. The summed E-state index contributed by atoms with van der Waals surface area (Å²) in [6.45, 7) is 5.75. The average Bonchev–Trinajstić information content (AvgIpc) is 2.66. The van der Waals surface area contributed by atoms with Crippen molar-refractivity contribution in [2.45, 2.75) is 0 Å². The second kappa shape index (κ2) is 9.20. The Labute approximate surface area is 156 Å². The Morgan fingerprint density at radius 3 is 2.26 bits per heavy atom. The molecule has 0 aromatic heterocycles. The molecular formula is C18H24F2N4O3. The smallest absolute Gasteiger partial charge is 0.238 e. The first kappa shape index (κ1) is 19.7. The highest BCUT2D eigenvalue weighted by Gasteiger charge is 2.24. The SMILES string of the molecule is O=C(CN1CCN(C(=O)CN2CCOCC2)CC1)Nc1ccc(F)c(F)c1. The summed E-state index contributed by atoms with van der Waals surface area (Å²) >= 11 is 0. The quantitative estimate of drug-likeness (QED) is 0.798. The van der Waals surface area contributed by atoms with Gasteiger partial charge in [-0.15, -0.1) is 0 Å². The van der Waals surface area contributed by atoms with Gasteiger partial charge in [-0.25, -0.2) is 8.78 Å². The summed E-state index contributed by atoms with van der Waals surface area (Å²) in [6, 6.07) is 3.25. The molecule has 0 unspecified atom stereocenters. The number of nitrogens with zero attached hydrogens (tertiary/aromatic N) is 3. The molecule has 2 fully saturated rings. The van der Waals surface area contributed by atoms with Crippen molar-refractivity contribution in [1.82, 2.24) is 14.7 Å². The first-order chi connectivity index (χ1) is 13.0. The zero-order valence-electron chi connectivity index (χ0n) is 15.1. The number of nitrogens with one attached hydrogen (secondary N) is 1. The van der Waals surface area contributed by atoms with Gasteiger partial charge in [0.05, 0.1) is 26.3 Å². The predicted octanol–water partition coefficient (Wildman–Crippen LogP) is 0.380. The summed E-state index contributed by atoms with van der Waals surface area (Å²) in [5.41, 5.74) is 0.221. The third-order valence-electron chi connectivity index (χ3n) is 4.76. The van der Waals surface area contributed by atoms with Gasteiger partial charge >= 0.3 is 0 Å². The second-order valence-corrected chi connectivity index (χ2v) is 6.72. The molecule has 2 aliphatic heterocycles. The van der Waals surface area contributed by atoms with Crippen LogP contribution in [0.4, 0.5) is 14.5 Å². The molecule has 0 spiro atoms. The van der Waals surface area contributed by atoms with E-state index in [-0.39, 0.29) is 24.0 Å². The number of hydrogen-bond acceptors (Lipinski definition) is 5. The summed E-state index contributed by atoms with van der Waals surface area (Å²) in [5.74, 6) is -2.15. The maximum absolute atomic E-state index is 13.2. The maximum Gasteiger partial charge on any atom is 0.238 e. The zero-order valence-corrected chi connectivity index (χ0v) is 15.1. The van der Waals surface area contributed by atoms with E-state index < -0.39 is 11.6 Å². The monoisotopic (exact) mass is 382 g/mol. The van der Waals surface area contributed by atoms with Gasteiger partial charge < -0.3 is 15.0 Å². The van der Waals surface area contributed by atoms with E-state index in [1.54, 1.807) is 0 Å². The van der Waals surface area contributed by atoms with Crippen molar-refractivity contribution in [3.8, 4) is 0 Å². The number of carbonyl (C=O) groups excluding carboxylic acids is 2. The van der Waals surface area contributed by atoms with Gasteiger partial charge in [0.15, 0.2) is 11.6 Å². The van der Waals surface area contributed by atoms with Crippen LogP contribution in [0.5, 0.6) is 0 Å². The van der Waals surface area contributed by atoms with Gasteiger partial charge in [-0.1, -0.05) is 0 Å². The molecule has 3 rings (SSSR count). The van der Waals surface area contributed by atoms with E-state index in [1.807, 2.05) is 9.80 Å². The van der Waals surface area contributed by atoms with Gasteiger partial charge in [-0.05, 0) is 12.1 Å². The van der Waals surface area contributed by atoms with Gasteiger partial charge in [0.2, 0.25) is 11.8 Å². The topological polar surface area (TPSA) is 65.1 Å². The molecule has 0 bridgehead atoms. The van der Waals surface area contributed by atoms with Crippen LogP contribution in [0.15, 0.2) is 18.2 Å². The summed E-state index contributed by atoms with van der Waals surface area (Å²) in [4.78, 5) is 30.3. The van der Waals surface area contributed by atoms with Crippen LogP contribution in [0.25, 0.3) is 0 Å². The van der Waals surface area contributed by atoms with Crippen molar-refractivity contribution in [3.05, 3.63) is 29.8 Å². The van der Waals surface area contributed by atoms with Gasteiger partial charge in [0.25, 0.3) is 0 Å². The Balaban J connectivity index is 1.40. The number of amides is 2. The maximum atomic E-state index is 13.2. The first-order valence-electron chi connectivity index (χ1n) is 9.06. The van der Waals surface area contributed by atoms with Crippen LogP contribution < -0.4 is 5.32 Å². The van der Waals surface area contributed by atoms with Crippen molar-refractivity contribution in [3.63, 3.8) is 0 Å². The Kier molecular flexibility index (Phi) is 6.70. The lowest BCUT2D eigenvalue weighted by Gasteiger charge is -2.36. The fraction of sp³-hybridized carbons (Fsp3) is 0.556. The number of morpholine rings is 1. The first-order valence-corrected chi connectivity index (χ1v) is 9.06. The molecule has 0 atom stereocenters. The molecule has 1 aromatic rings. The fourth-order valence-electron chi connectivity index (χ4n) is 3.18. The minimum Gasteiger partial charge on any atom is -0.379 e. The van der Waals surface area contributed by atoms with E-state index in [2.05, 4.69) is 10.2 Å². The Morgan fingerprint density at radius 1 is 0.926 bits per heavy atom. The lowest BCUT2D eigenvalue weighted by Crippen LogP contribution is -2.53. The lowest BCUT2D eigenvalue weighted by molar-refractivity contribution is -0.135. The third kappa shape index (κ3) is 5.69. The van der Waals surface area contributed by atoms with E-state index in [4.69, 9.17) is 4.74 Å². The molecule has 2 saturated heterocycles. The van der Waals surface area contributed by atoms with Crippen molar-refractivity contribution >= 4 is 17.5 Å². The summed E-state index contributed by atoms with van der Waals surface area (Å²) in [6.07, 6.45) is 0. The highest BCUT2D eigenvalue weighted by Crippen LogP contribution is 2.13. The number of carbonyl (C=O) groups is 2. The zero-order chi connectivity index (χ0) is 19.2. The number of anilines is 1. The number of ether oxygens (including phenoxy) is 1. The molecule has 0 aliphatic carbocycles. The molecule has 0 radical (unpaired) electrons. The highest BCUT2D eigenvalue weighted by molar-refractivity contribution is 5.92. The number of hydrogen-bond donors (Lipinski definition) is 1. The van der Waals surface area contributed by atoms with Crippen LogP contribution >= 0.6 is 0 Å². The number of benzene rings is 1. The fourth-order valence-corrected chi connectivity index (χ4v) is 3.18. The van der Waals surface area contributed by atoms with Gasteiger partial charge in [0.1, 0.15) is 0 Å². The normalized spacial score (nSPS) is 19.1. The average molecular weight is 382 g/mol. The molecule has 1 N–H and O–H groups in total. The summed E-state index contributed by atoms with van der Waals surface area (Å²) in [5, 5.41) is 2.56. The molecule has 27 heavy (non-hydrogen) atoms. The van der Waals surface area contributed by atoms with Crippen molar-refractivity contribution in [1.29, 1.82) is 0 Å². The number of halogens is 2. The number of rotatable bonds is 5. The predicted molar refractivity (Wildman–Crippen MR) is 95.3 cm³/mol. The van der Waals surface area contributed by atoms with E-state index in [9.17, 15) is 18.4 Å². The van der Waals surface area contributed by atoms with E-state index in [0.29, 0.717) is 45.9 Å². The molecule has 148 valence electrons. The van der Waals surface area contributed by atoms with Crippen LogP contribution in [0, 0.1) is 11.6 Å². The van der Waals surface area contributed by atoms with Crippen molar-refractivity contribution < 1.29 is 23.1 Å². The largest absolute Gasteiger partial charge is 0.379 e. The van der Waals surface area contributed by atoms with Crippen molar-refractivity contribution in [2.24, 2.45) is 0 Å². The molecule has 1 aromatic carbocycles. The summed E-state index contributed by atoms with van der Waals surface area (Å²) < 4.78 is 31.4. The third-order valence-corrected chi connectivity index (χ3v) is 4.76. The Bertz CT molecular complexity index is 675. The van der Waals surface area contributed by atoms with Crippen LogP contribution in [-0.4, -0.2) is 92.1 Å². The Morgan fingerprint density at radius 2 is 1.59 bits per heavy atom. The molecule has 7 nitrogen and oxygen atoms in total. The highest BCUT2D eigenvalue weighted by atomic mass is 19.2. The standard InChI is InChI=1S/C18H24F2N4O3/c19-15-2-1-14(11-16(15)20)21-17(25)12-22-3-5-24(6-4-22)18(26)13-23-7-9-27-10-8-23/h1-2,11H,3-10,12-13H2,(H,21,25). The van der Waals surface area contributed by atoms with Crippen LogP contribution in [0.3, 0.4) is 0 Å². The minimum absolute atomic E-state index is 0.0998. The van der Waals surface area contributed by atoms with Crippen LogP contribution in [0.1, 0.15) is 0 Å². The van der Waals surface area contributed by atoms with E-state index >= 15 is 0 Å². The lowest BCUT2D eigenvalue weighted by atomic mass is 10.2. The van der Waals surface area contributed by atoms with Crippen LogP contribution in [0.2, 0.25) is 0 Å².